The summed E-state index contributed by atoms with van der Waals surface area (Å²) in [7, 11) is 0. The molecule has 0 unspecified atom stereocenters. The number of benzene rings is 1. The summed E-state index contributed by atoms with van der Waals surface area (Å²) in [6.07, 6.45) is 0. The van der Waals surface area contributed by atoms with E-state index in [4.69, 9.17) is 10.8 Å². The van der Waals surface area contributed by atoms with E-state index in [0.29, 0.717) is 0 Å². The molecule has 0 aromatic heterocycles. The first-order valence-electron chi connectivity index (χ1n) is 3.53. The molecule has 1 aromatic carbocycles. The third kappa shape index (κ3) is 1.35. The summed E-state index contributed by atoms with van der Waals surface area (Å²) in [5.41, 5.74) is 3.49. The highest BCUT2D eigenvalue weighted by molar-refractivity contribution is 5.51. The van der Waals surface area contributed by atoms with Crippen LogP contribution in [0.5, 0.6) is 0 Å². The number of aliphatic hydroxyl groups excluding tert-OH is 1. The first-order chi connectivity index (χ1) is 6.00. The molecular formula is C8H8F3NO. The Morgan fingerprint density at radius 1 is 1.15 bits per heavy atom. The number of nitrogens with two attached hydrogens (primary N) is 1. The van der Waals surface area contributed by atoms with Crippen molar-refractivity contribution in [3.63, 3.8) is 0 Å². The molecular weight excluding hydrogens is 183 g/mol. The molecule has 0 radical (unpaired) electrons. The third-order valence-corrected chi connectivity index (χ3v) is 1.84. The molecule has 2 nitrogen and oxygen atoms in total. The van der Waals surface area contributed by atoms with E-state index in [-0.39, 0.29) is 0 Å². The van der Waals surface area contributed by atoms with Gasteiger partial charge < -0.3 is 10.8 Å². The predicted molar refractivity (Wildman–Crippen MR) is 41.4 cm³/mol. The number of nitrogen functional groups attached to an aromatic ring is 1. The minimum atomic E-state index is -1.32. The Morgan fingerprint density at radius 2 is 1.69 bits per heavy atom. The Morgan fingerprint density at radius 3 is 2.15 bits per heavy atom. The van der Waals surface area contributed by atoms with Gasteiger partial charge in [0.05, 0.1) is 12.3 Å². The van der Waals surface area contributed by atoms with E-state index in [2.05, 4.69) is 0 Å². The normalized spacial score (nSPS) is 10.5. The molecule has 13 heavy (non-hydrogen) atoms. The maximum Gasteiger partial charge on any atom is 0.182 e. The summed E-state index contributed by atoms with van der Waals surface area (Å²) in [5.74, 6) is -3.63. The van der Waals surface area contributed by atoms with Crippen molar-refractivity contribution >= 4 is 5.69 Å². The summed E-state index contributed by atoms with van der Waals surface area (Å²) in [5, 5.41) is 8.63. The summed E-state index contributed by atoms with van der Waals surface area (Å²) in [6.45, 7) is 0.321. The second kappa shape index (κ2) is 3.26. The van der Waals surface area contributed by atoms with E-state index in [0.717, 1.165) is 6.92 Å². The van der Waals surface area contributed by atoms with Crippen LogP contribution in [0.1, 0.15) is 11.1 Å². The van der Waals surface area contributed by atoms with E-state index < -0.39 is 40.9 Å². The van der Waals surface area contributed by atoms with Crippen LogP contribution in [0, 0.1) is 24.4 Å². The summed E-state index contributed by atoms with van der Waals surface area (Å²) < 4.78 is 38.7. The van der Waals surface area contributed by atoms with Gasteiger partial charge in [-0.2, -0.15) is 0 Å². The number of rotatable bonds is 1. The van der Waals surface area contributed by atoms with Gasteiger partial charge in [0.1, 0.15) is 5.82 Å². The first-order valence-corrected chi connectivity index (χ1v) is 3.53. The molecule has 0 aliphatic heterocycles. The molecule has 0 bridgehead atoms. The summed E-state index contributed by atoms with van der Waals surface area (Å²) >= 11 is 0. The van der Waals surface area contributed by atoms with Crippen LogP contribution in [0.4, 0.5) is 18.9 Å². The van der Waals surface area contributed by atoms with Crippen LogP contribution < -0.4 is 5.73 Å². The maximum absolute atomic E-state index is 13.1. The average molecular weight is 191 g/mol. The number of hydrogen-bond donors (Lipinski definition) is 2. The van der Waals surface area contributed by atoms with Crippen LogP contribution in [0.2, 0.25) is 0 Å². The van der Waals surface area contributed by atoms with Crippen molar-refractivity contribution in [2.75, 3.05) is 5.73 Å². The first kappa shape index (κ1) is 9.85. The quantitative estimate of drug-likeness (QED) is 0.521. The van der Waals surface area contributed by atoms with Crippen LogP contribution >= 0.6 is 0 Å². The molecule has 0 spiro atoms. The third-order valence-electron chi connectivity index (χ3n) is 1.84. The molecule has 0 aliphatic rings. The smallest absolute Gasteiger partial charge is 0.182 e. The fraction of sp³-hybridized carbons (Fsp3) is 0.250. The SMILES string of the molecule is Cc1c(F)c(F)c(N)c(CO)c1F. The van der Waals surface area contributed by atoms with Crippen LogP contribution in [0.3, 0.4) is 0 Å². The predicted octanol–water partition coefficient (Wildman–Crippen LogP) is 1.49. The second-order valence-corrected chi connectivity index (χ2v) is 2.62. The van der Waals surface area contributed by atoms with E-state index in [1.807, 2.05) is 0 Å². The average Bonchev–Trinajstić information content (AvgIpc) is 2.13. The molecule has 1 aromatic rings. The van der Waals surface area contributed by atoms with Crippen molar-refractivity contribution < 1.29 is 18.3 Å². The van der Waals surface area contributed by atoms with Crippen LogP contribution in [-0.2, 0) is 6.61 Å². The van der Waals surface area contributed by atoms with Gasteiger partial charge in [-0.3, -0.25) is 0 Å². The molecule has 3 N–H and O–H groups in total. The van der Waals surface area contributed by atoms with Gasteiger partial charge in [0.15, 0.2) is 11.6 Å². The Kier molecular flexibility index (Phi) is 2.47. The summed E-state index contributed by atoms with van der Waals surface area (Å²) in [6, 6.07) is 0. The van der Waals surface area contributed by atoms with Crippen molar-refractivity contribution in [1.29, 1.82) is 0 Å². The van der Waals surface area contributed by atoms with Crippen molar-refractivity contribution in [3.8, 4) is 0 Å². The number of anilines is 1. The molecule has 1 rings (SSSR count). The molecule has 0 fully saturated rings. The zero-order valence-electron chi connectivity index (χ0n) is 6.87. The topological polar surface area (TPSA) is 46.2 Å². The molecule has 0 heterocycles. The highest BCUT2D eigenvalue weighted by Crippen LogP contribution is 2.26. The van der Waals surface area contributed by atoms with Crippen molar-refractivity contribution in [1.82, 2.24) is 0 Å². The molecule has 0 saturated carbocycles. The summed E-state index contributed by atoms with van der Waals surface area (Å²) in [4.78, 5) is 0. The number of halogens is 3. The molecule has 0 saturated heterocycles. The fourth-order valence-electron chi connectivity index (χ4n) is 1.01. The van der Waals surface area contributed by atoms with Crippen LogP contribution in [0.25, 0.3) is 0 Å². The Bertz CT molecular complexity index is 323. The highest BCUT2D eigenvalue weighted by atomic mass is 19.2. The molecule has 0 aliphatic carbocycles. The van der Waals surface area contributed by atoms with E-state index in [1.165, 1.54) is 0 Å². The largest absolute Gasteiger partial charge is 0.396 e. The lowest BCUT2D eigenvalue weighted by Crippen LogP contribution is -2.07. The van der Waals surface area contributed by atoms with E-state index in [9.17, 15) is 13.2 Å². The number of aliphatic hydroxyl groups is 1. The van der Waals surface area contributed by atoms with Gasteiger partial charge in [-0.1, -0.05) is 0 Å². The van der Waals surface area contributed by atoms with Gasteiger partial charge >= 0.3 is 0 Å². The minimum Gasteiger partial charge on any atom is -0.396 e. The lowest BCUT2D eigenvalue weighted by molar-refractivity contribution is 0.275. The second-order valence-electron chi connectivity index (χ2n) is 2.62. The van der Waals surface area contributed by atoms with Crippen molar-refractivity contribution in [3.05, 3.63) is 28.6 Å². The van der Waals surface area contributed by atoms with Gasteiger partial charge in [-0.25, -0.2) is 13.2 Å². The fourth-order valence-corrected chi connectivity index (χ4v) is 1.01. The zero-order valence-corrected chi connectivity index (χ0v) is 6.87. The Labute approximate surface area is 72.8 Å². The monoisotopic (exact) mass is 191 g/mol. The standard InChI is InChI=1S/C8H8F3NO/c1-3-5(9)4(2-13)8(12)7(11)6(3)10/h13H,2,12H2,1H3. The maximum atomic E-state index is 13.1. The number of hydrogen-bond acceptors (Lipinski definition) is 2. The van der Waals surface area contributed by atoms with Gasteiger partial charge in [-0.05, 0) is 6.92 Å². The minimum absolute atomic E-state index is 0.406. The highest BCUT2D eigenvalue weighted by Gasteiger charge is 2.19. The lowest BCUT2D eigenvalue weighted by Gasteiger charge is -2.09. The molecule has 72 valence electrons. The molecule has 0 amide bonds. The Balaban J connectivity index is 3.56. The van der Waals surface area contributed by atoms with Gasteiger partial charge in [0, 0.05) is 11.1 Å². The van der Waals surface area contributed by atoms with Crippen molar-refractivity contribution in [2.45, 2.75) is 13.5 Å². The van der Waals surface area contributed by atoms with Gasteiger partial charge in [0.2, 0.25) is 0 Å². The van der Waals surface area contributed by atoms with Crippen LogP contribution in [-0.4, -0.2) is 5.11 Å². The van der Waals surface area contributed by atoms with Gasteiger partial charge in [0.25, 0.3) is 0 Å². The Hall–Kier alpha value is -1.23. The van der Waals surface area contributed by atoms with E-state index >= 15 is 0 Å². The molecule has 5 heteroatoms. The zero-order chi connectivity index (χ0) is 10.2. The van der Waals surface area contributed by atoms with Crippen LogP contribution in [0.15, 0.2) is 0 Å². The van der Waals surface area contributed by atoms with E-state index in [1.54, 1.807) is 0 Å². The molecule has 0 atom stereocenters. The lowest BCUT2D eigenvalue weighted by atomic mass is 10.1. The van der Waals surface area contributed by atoms with Gasteiger partial charge in [-0.15, -0.1) is 0 Å². The van der Waals surface area contributed by atoms with Crippen molar-refractivity contribution in [2.24, 2.45) is 0 Å².